The van der Waals surface area contributed by atoms with Crippen LogP contribution in [0.5, 0.6) is 0 Å². The molecule has 0 radical (unpaired) electrons. The van der Waals surface area contributed by atoms with E-state index in [0.717, 1.165) is 20.3 Å². The van der Waals surface area contributed by atoms with Gasteiger partial charge >= 0.3 is 0 Å². The average Bonchev–Trinajstić information content (AvgIpc) is 3.16. The predicted octanol–water partition coefficient (Wildman–Crippen LogP) is 5.72. The topological polar surface area (TPSA) is 52.2 Å². The van der Waals surface area contributed by atoms with Crippen LogP contribution < -0.4 is 5.56 Å². The van der Waals surface area contributed by atoms with Crippen molar-refractivity contribution < 1.29 is 0 Å². The highest BCUT2D eigenvalue weighted by atomic mass is 79.9. The zero-order chi connectivity index (χ0) is 20.5. The molecule has 4 aromatic rings. The quantitative estimate of drug-likeness (QED) is 0.328. The Labute approximate surface area is 185 Å². The van der Waals surface area contributed by atoms with Crippen LogP contribution in [0.15, 0.2) is 79.6 Å². The SMILES string of the molecule is CC(C)c1nc2ccc(Br)cc2c(=O)n1N=Cc1cccn1-c1cccc(Br)c1. The second-order valence-corrected chi connectivity index (χ2v) is 8.76. The van der Waals surface area contributed by atoms with Gasteiger partial charge in [-0.05, 0) is 48.5 Å². The van der Waals surface area contributed by atoms with Gasteiger partial charge in [-0.3, -0.25) is 4.79 Å². The Morgan fingerprint density at radius 3 is 2.59 bits per heavy atom. The van der Waals surface area contributed by atoms with Gasteiger partial charge in [0.05, 0.1) is 22.8 Å². The van der Waals surface area contributed by atoms with Gasteiger partial charge in [0.2, 0.25) is 0 Å². The molecule has 0 spiro atoms. The zero-order valence-electron chi connectivity index (χ0n) is 15.9. The minimum Gasteiger partial charge on any atom is -0.316 e. The molecule has 0 bridgehead atoms. The van der Waals surface area contributed by atoms with Crippen LogP contribution >= 0.6 is 31.9 Å². The first kappa shape index (κ1) is 19.8. The number of rotatable bonds is 4. The van der Waals surface area contributed by atoms with Crippen molar-refractivity contribution in [3.63, 3.8) is 0 Å². The molecule has 2 aromatic heterocycles. The molecule has 29 heavy (non-hydrogen) atoms. The van der Waals surface area contributed by atoms with E-state index in [0.29, 0.717) is 16.7 Å². The Morgan fingerprint density at radius 2 is 1.83 bits per heavy atom. The van der Waals surface area contributed by atoms with Crippen LogP contribution in [0.4, 0.5) is 0 Å². The minimum atomic E-state index is -0.184. The van der Waals surface area contributed by atoms with Crippen LogP contribution in [0.2, 0.25) is 0 Å². The lowest BCUT2D eigenvalue weighted by Gasteiger charge is -2.12. The Kier molecular flexibility index (Phi) is 5.52. The van der Waals surface area contributed by atoms with Gasteiger partial charge in [0, 0.05) is 26.7 Å². The molecule has 0 unspecified atom stereocenters. The second kappa shape index (κ2) is 8.08. The van der Waals surface area contributed by atoms with Crippen molar-refractivity contribution in [1.82, 2.24) is 14.2 Å². The van der Waals surface area contributed by atoms with Crippen LogP contribution in [0.1, 0.15) is 31.3 Å². The summed E-state index contributed by atoms with van der Waals surface area (Å²) < 4.78 is 5.24. The number of hydrogen-bond acceptors (Lipinski definition) is 3. The molecule has 0 aliphatic carbocycles. The first-order chi connectivity index (χ1) is 13.9. The molecule has 7 heteroatoms. The Bertz CT molecular complexity index is 1290. The fraction of sp³-hybridized carbons (Fsp3) is 0.136. The summed E-state index contributed by atoms with van der Waals surface area (Å²) in [6.45, 7) is 4.01. The van der Waals surface area contributed by atoms with Gasteiger partial charge in [0.15, 0.2) is 0 Å². The molecule has 4 rings (SSSR count). The lowest BCUT2D eigenvalue weighted by molar-refractivity contribution is 0.665. The highest BCUT2D eigenvalue weighted by molar-refractivity contribution is 9.10. The summed E-state index contributed by atoms with van der Waals surface area (Å²) in [5.41, 5.74) is 2.35. The van der Waals surface area contributed by atoms with E-state index in [4.69, 9.17) is 0 Å². The monoisotopic (exact) mass is 512 g/mol. The number of hydrogen-bond donors (Lipinski definition) is 0. The maximum atomic E-state index is 13.1. The summed E-state index contributed by atoms with van der Waals surface area (Å²) in [5.74, 6) is 0.673. The van der Waals surface area contributed by atoms with E-state index in [-0.39, 0.29) is 11.5 Å². The van der Waals surface area contributed by atoms with Gasteiger partial charge in [-0.2, -0.15) is 9.78 Å². The molecule has 5 nitrogen and oxygen atoms in total. The number of fused-ring (bicyclic) bond motifs is 1. The first-order valence-electron chi connectivity index (χ1n) is 9.14. The summed E-state index contributed by atoms with van der Waals surface area (Å²) in [6.07, 6.45) is 3.66. The average molecular weight is 514 g/mol. The third kappa shape index (κ3) is 3.97. The molecule has 0 N–H and O–H groups in total. The molecular formula is C22H18Br2N4O. The van der Waals surface area contributed by atoms with E-state index in [1.54, 1.807) is 12.3 Å². The standard InChI is InChI=1S/C22H18Br2N4O/c1-14(2)21-26-20-9-8-16(24)12-19(20)22(29)28(21)25-13-18-7-4-10-27(18)17-6-3-5-15(23)11-17/h3-14H,1-2H3. The Hall–Kier alpha value is -2.51. The van der Waals surface area contributed by atoms with Crippen molar-refractivity contribution in [2.45, 2.75) is 19.8 Å². The number of nitrogens with zero attached hydrogens (tertiary/aromatic N) is 4. The Balaban J connectivity index is 1.84. The summed E-state index contributed by atoms with van der Waals surface area (Å²) in [7, 11) is 0. The van der Waals surface area contributed by atoms with Gasteiger partial charge in [0.25, 0.3) is 5.56 Å². The molecule has 0 saturated heterocycles. The second-order valence-electron chi connectivity index (χ2n) is 6.93. The van der Waals surface area contributed by atoms with Crippen LogP contribution in [-0.2, 0) is 0 Å². The van der Waals surface area contributed by atoms with E-state index in [1.165, 1.54) is 4.68 Å². The summed E-state index contributed by atoms with van der Waals surface area (Å²) in [6, 6.07) is 17.4. The molecule has 0 atom stereocenters. The van der Waals surface area contributed by atoms with Crippen molar-refractivity contribution in [3.8, 4) is 5.69 Å². The molecule has 0 amide bonds. The van der Waals surface area contributed by atoms with E-state index >= 15 is 0 Å². The van der Waals surface area contributed by atoms with Crippen LogP contribution in [0, 0.1) is 0 Å². The lowest BCUT2D eigenvalue weighted by Crippen LogP contribution is -2.23. The number of aromatic nitrogens is 3. The molecule has 0 fully saturated rings. The number of benzene rings is 2. The molecule has 0 aliphatic rings. The molecule has 2 heterocycles. The van der Waals surface area contributed by atoms with Crippen molar-refractivity contribution >= 4 is 49.0 Å². The smallest absolute Gasteiger partial charge is 0.282 e. The summed E-state index contributed by atoms with van der Waals surface area (Å²) in [4.78, 5) is 17.8. The zero-order valence-corrected chi connectivity index (χ0v) is 19.1. The fourth-order valence-electron chi connectivity index (χ4n) is 3.13. The third-order valence-corrected chi connectivity index (χ3v) is 5.51. The van der Waals surface area contributed by atoms with E-state index in [1.807, 2.05) is 73.1 Å². The Morgan fingerprint density at radius 1 is 1.03 bits per heavy atom. The molecule has 2 aromatic carbocycles. The first-order valence-corrected chi connectivity index (χ1v) is 10.7. The molecule has 146 valence electrons. The van der Waals surface area contributed by atoms with Crippen molar-refractivity contribution in [2.24, 2.45) is 5.10 Å². The fourth-order valence-corrected chi connectivity index (χ4v) is 3.88. The number of halogens is 2. The van der Waals surface area contributed by atoms with E-state index in [9.17, 15) is 4.79 Å². The largest absolute Gasteiger partial charge is 0.316 e. The van der Waals surface area contributed by atoms with Crippen molar-refractivity contribution in [3.05, 3.63) is 91.6 Å². The van der Waals surface area contributed by atoms with Gasteiger partial charge in [-0.15, -0.1) is 0 Å². The van der Waals surface area contributed by atoms with Gasteiger partial charge in [0.1, 0.15) is 5.82 Å². The minimum absolute atomic E-state index is 0.0461. The van der Waals surface area contributed by atoms with E-state index in [2.05, 4.69) is 41.9 Å². The maximum absolute atomic E-state index is 13.1. The van der Waals surface area contributed by atoms with Crippen LogP contribution in [0.25, 0.3) is 16.6 Å². The highest BCUT2D eigenvalue weighted by Gasteiger charge is 2.14. The lowest BCUT2D eigenvalue weighted by atomic mass is 10.2. The molecule has 0 saturated carbocycles. The predicted molar refractivity (Wildman–Crippen MR) is 124 cm³/mol. The highest BCUT2D eigenvalue weighted by Crippen LogP contribution is 2.20. The van der Waals surface area contributed by atoms with Crippen molar-refractivity contribution in [2.75, 3.05) is 0 Å². The molecule has 0 aliphatic heterocycles. The van der Waals surface area contributed by atoms with Gasteiger partial charge in [-0.25, -0.2) is 4.98 Å². The van der Waals surface area contributed by atoms with E-state index < -0.39 is 0 Å². The summed E-state index contributed by atoms with van der Waals surface area (Å²) in [5, 5.41) is 5.06. The van der Waals surface area contributed by atoms with Gasteiger partial charge < -0.3 is 4.57 Å². The molecular weight excluding hydrogens is 496 g/mol. The summed E-state index contributed by atoms with van der Waals surface area (Å²) >= 11 is 6.94. The van der Waals surface area contributed by atoms with Crippen molar-refractivity contribution in [1.29, 1.82) is 0 Å². The normalized spacial score (nSPS) is 11.8. The van der Waals surface area contributed by atoms with Crippen LogP contribution in [-0.4, -0.2) is 20.4 Å². The third-order valence-electron chi connectivity index (χ3n) is 4.52. The van der Waals surface area contributed by atoms with Crippen LogP contribution in [0.3, 0.4) is 0 Å². The van der Waals surface area contributed by atoms with Gasteiger partial charge in [-0.1, -0.05) is 51.8 Å². The maximum Gasteiger partial charge on any atom is 0.282 e.